The fourth-order valence-corrected chi connectivity index (χ4v) is 4.20. The molecule has 0 spiro atoms. The number of hydrogen-bond donors (Lipinski definition) is 2. The Balaban J connectivity index is 1.30. The van der Waals surface area contributed by atoms with Crippen LogP contribution in [-0.4, -0.2) is 47.1 Å². The van der Waals surface area contributed by atoms with Gasteiger partial charge in [-0.05, 0) is 67.9 Å². The summed E-state index contributed by atoms with van der Waals surface area (Å²) in [6.45, 7) is 2.91. The van der Waals surface area contributed by atoms with Gasteiger partial charge in [-0.1, -0.05) is 41.9 Å². The van der Waals surface area contributed by atoms with E-state index in [0.29, 0.717) is 17.4 Å². The Hall–Kier alpha value is -3.09. The van der Waals surface area contributed by atoms with Gasteiger partial charge < -0.3 is 15.2 Å². The molecule has 2 aromatic carbocycles. The minimum atomic E-state index is -0.319. The number of likely N-dealkylation sites (tertiary alicyclic amines) is 1. The Labute approximate surface area is 199 Å². The van der Waals surface area contributed by atoms with Gasteiger partial charge in [-0.3, -0.25) is 14.7 Å². The number of piperidine rings is 1. The lowest BCUT2D eigenvalue weighted by Crippen LogP contribution is -2.42. The van der Waals surface area contributed by atoms with Crippen molar-refractivity contribution in [2.24, 2.45) is 5.92 Å². The molecule has 33 heavy (non-hydrogen) atoms. The van der Waals surface area contributed by atoms with Crippen LogP contribution in [0, 0.1) is 5.92 Å². The molecule has 1 saturated heterocycles. The van der Waals surface area contributed by atoms with Crippen LogP contribution in [0.25, 0.3) is 0 Å². The maximum absolute atomic E-state index is 13.1. The fourth-order valence-electron chi connectivity index (χ4n) is 4.07. The third kappa shape index (κ3) is 6.24. The number of benzene rings is 2. The van der Waals surface area contributed by atoms with E-state index in [-0.39, 0.29) is 23.6 Å². The number of nitrogens with one attached hydrogen (secondary N) is 1. The highest BCUT2D eigenvalue weighted by Gasteiger charge is 2.27. The molecule has 7 heteroatoms. The Kier molecular flexibility index (Phi) is 7.81. The second-order valence-corrected chi connectivity index (χ2v) is 8.62. The van der Waals surface area contributed by atoms with Crippen molar-refractivity contribution in [3.05, 3.63) is 89.2 Å². The van der Waals surface area contributed by atoms with Gasteiger partial charge >= 0.3 is 0 Å². The Morgan fingerprint density at radius 2 is 1.82 bits per heavy atom. The van der Waals surface area contributed by atoms with E-state index in [4.69, 9.17) is 16.3 Å². The molecule has 6 nitrogen and oxygen atoms in total. The molecule has 3 aromatic rings. The van der Waals surface area contributed by atoms with E-state index in [0.717, 1.165) is 43.7 Å². The van der Waals surface area contributed by atoms with Crippen molar-refractivity contribution in [1.29, 1.82) is 0 Å². The largest absolute Gasteiger partial charge is 0.504 e. The highest BCUT2D eigenvalue weighted by molar-refractivity contribution is 6.30. The number of aromatic nitrogens is 1. The number of amides is 1. The van der Waals surface area contributed by atoms with Gasteiger partial charge in [0, 0.05) is 23.7 Å². The zero-order chi connectivity index (χ0) is 23.0. The van der Waals surface area contributed by atoms with Gasteiger partial charge in [-0.25, -0.2) is 0 Å². The van der Waals surface area contributed by atoms with Crippen molar-refractivity contribution < 1.29 is 14.6 Å². The minimum Gasteiger partial charge on any atom is -0.504 e. The number of phenolic OH excluding ortho intramolecular Hbond substituents is 1. The SMILES string of the molecule is O=C(NC(c1ccc(Cl)cc1)c1ccccn1)C1CCN(CCOc2ccccc2O)CC1. The number of phenols is 1. The smallest absolute Gasteiger partial charge is 0.224 e. The number of pyridine rings is 1. The van der Waals surface area contributed by atoms with Crippen LogP contribution in [0.1, 0.15) is 30.1 Å². The Morgan fingerprint density at radius 1 is 1.09 bits per heavy atom. The predicted molar refractivity (Wildman–Crippen MR) is 128 cm³/mol. The van der Waals surface area contributed by atoms with Crippen LogP contribution in [0.15, 0.2) is 72.9 Å². The molecule has 1 amide bonds. The molecule has 0 aliphatic carbocycles. The molecule has 1 aliphatic rings. The summed E-state index contributed by atoms with van der Waals surface area (Å²) in [5.41, 5.74) is 1.75. The molecule has 4 rings (SSSR count). The first-order valence-electron chi connectivity index (χ1n) is 11.2. The first-order chi connectivity index (χ1) is 16.1. The van der Waals surface area contributed by atoms with Gasteiger partial charge in [0.15, 0.2) is 11.5 Å². The molecule has 0 radical (unpaired) electrons. The van der Waals surface area contributed by atoms with Crippen molar-refractivity contribution in [3.8, 4) is 11.5 Å². The maximum Gasteiger partial charge on any atom is 0.224 e. The van der Waals surface area contributed by atoms with Gasteiger partial charge in [0.2, 0.25) is 5.91 Å². The van der Waals surface area contributed by atoms with Crippen LogP contribution in [0.4, 0.5) is 0 Å². The van der Waals surface area contributed by atoms with Crippen LogP contribution in [0.3, 0.4) is 0 Å². The van der Waals surface area contributed by atoms with Gasteiger partial charge in [-0.2, -0.15) is 0 Å². The number of ether oxygens (including phenoxy) is 1. The number of carbonyl (C=O) groups excluding carboxylic acids is 1. The zero-order valence-electron chi connectivity index (χ0n) is 18.4. The minimum absolute atomic E-state index is 0.0427. The summed E-state index contributed by atoms with van der Waals surface area (Å²) in [6, 6.07) is 19.9. The summed E-state index contributed by atoms with van der Waals surface area (Å²) in [5.74, 6) is 0.648. The predicted octanol–water partition coefficient (Wildman–Crippen LogP) is 4.44. The van der Waals surface area contributed by atoms with Gasteiger partial charge in [0.25, 0.3) is 0 Å². The van der Waals surface area contributed by atoms with E-state index in [2.05, 4.69) is 15.2 Å². The monoisotopic (exact) mass is 465 g/mol. The second kappa shape index (κ2) is 11.2. The Bertz CT molecular complexity index is 1040. The molecule has 1 aliphatic heterocycles. The number of halogens is 1. The molecule has 1 fully saturated rings. The summed E-state index contributed by atoms with van der Waals surface area (Å²) in [4.78, 5) is 19.9. The normalized spacial score (nSPS) is 15.7. The molecule has 0 bridgehead atoms. The summed E-state index contributed by atoms with van der Waals surface area (Å²) in [5, 5.41) is 13.7. The number of para-hydroxylation sites is 2. The molecule has 0 saturated carbocycles. The van der Waals surface area contributed by atoms with Gasteiger partial charge in [0.05, 0.1) is 11.7 Å². The molecule has 1 atom stereocenters. The number of nitrogens with zero attached hydrogens (tertiary/aromatic N) is 2. The first-order valence-corrected chi connectivity index (χ1v) is 11.6. The quantitative estimate of drug-likeness (QED) is 0.514. The van der Waals surface area contributed by atoms with Gasteiger partial charge in [0.1, 0.15) is 6.61 Å². The molecule has 172 valence electrons. The summed E-state index contributed by atoms with van der Waals surface area (Å²) in [7, 11) is 0. The highest BCUT2D eigenvalue weighted by atomic mass is 35.5. The maximum atomic E-state index is 13.1. The lowest BCUT2D eigenvalue weighted by molar-refractivity contribution is -0.127. The van der Waals surface area contributed by atoms with Gasteiger partial charge in [-0.15, -0.1) is 0 Å². The lowest BCUT2D eigenvalue weighted by atomic mass is 9.94. The van der Waals surface area contributed by atoms with E-state index in [1.807, 2.05) is 48.5 Å². The molecule has 2 heterocycles. The van der Waals surface area contributed by atoms with E-state index in [1.165, 1.54) is 0 Å². The van der Waals surface area contributed by atoms with Crippen LogP contribution in [-0.2, 0) is 4.79 Å². The molecule has 2 N–H and O–H groups in total. The van der Waals surface area contributed by atoms with E-state index < -0.39 is 0 Å². The average molecular weight is 466 g/mol. The van der Waals surface area contributed by atoms with Crippen molar-refractivity contribution >= 4 is 17.5 Å². The third-order valence-electron chi connectivity index (χ3n) is 5.96. The number of hydrogen-bond acceptors (Lipinski definition) is 5. The van der Waals surface area contributed by atoms with E-state index in [1.54, 1.807) is 24.4 Å². The second-order valence-electron chi connectivity index (χ2n) is 8.18. The highest BCUT2D eigenvalue weighted by Crippen LogP contribution is 2.26. The summed E-state index contributed by atoms with van der Waals surface area (Å²) < 4.78 is 5.69. The summed E-state index contributed by atoms with van der Waals surface area (Å²) >= 11 is 6.05. The molecular formula is C26H28ClN3O3. The van der Waals surface area contributed by atoms with Crippen LogP contribution < -0.4 is 10.1 Å². The number of rotatable bonds is 8. The first kappa shape index (κ1) is 23.1. The topological polar surface area (TPSA) is 74.7 Å². The van der Waals surface area contributed by atoms with E-state index in [9.17, 15) is 9.90 Å². The van der Waals surface area contributed by atoms with Crippen LogP contribution in [0.5, 0.6) is 11.5 Å². The van der Waals surface area contributed by atoms with Crippen molar-refractivity contribution in [2.45, 2.75) is 18.9 Å². The van der Waals surface area contributed by atoms with Crippen molar-refractivity contribution in [2.75, 3.05) is 26.2 Å². The summed E-state index contributed by atoms with van der Waals surface area (Å²) in [6.07, 6.45) is 3.32. The fraction of sp³-hybridized carbons (Fsp3) is 0.308. The van der Waals surface area contributed by atoms with Crippen molar-refractivity contribution in [1.82, 2.24) is 15.2 Å². The van der Waals surface area contributed by atoms with E-state index >= 15 is 0 Å². The third-order valence-corrected chi connectivity index (χ3v) is 6.21. The average Bonchev–Trinajstić information content (AvgIpc) is 2.85. The molecular weight excluding hydrogens is 438 g/mol. The Morgan fingerprint density at radius 3 is 2.52 bits per heavy atom. The molecule has 1 aromatic heterocycles. The lowest BCUT2D eigenvalue weighted by Gasteiger charge is -2.32. The number of carbonyl (C=O) groups is 1. The zero-order valence-corrected chi connectivity index (χ0v) is 19.1. The van der Waals surface area contributed by atoms with Crippen molar-refractivity contribution in [3.63, 3.8) is 0 Å². The van der Waals surface area contributed by atoms with Crippen LogP contribution in [0.2, 0.25) is 5.02 Å². The standard InChI is InChI=1S/C26H28ClN3O3/c27-21-10-8-19(9-11-21)25(22-5-3-4-14-28-22)29-26(32)20-12-15-30(16-13-20)17-18-33-24-7-2-1-6-23(24)31/h1-11,14,20,25,31H,12-13,15-18H2,(H,29,32). The number of aromatic hydroxyl groups is 1. The molecule has 1 unspecified atom stereocenters. The van der Waals surface area contributed by atoms with Crippen LogP contribution >= 0.6 is 11.6 Å².